The van der Waals surface area contributed by atoms with Crippen molar-refractivity contribution >= 4 is 33.4 Å². The van der Waals surface area contributed by atoms with Crippen molar-refractivity contribution in [2.24, 2.45) is 0 Å². The number of hydrogen-bond donors (Lipinski definition) is 1. The van der Waals surface area contributed by atoms with Crippen molar-refractivity contribution in [3.63, 3.8) is 0 Å². The third-order valence-corrected chi connectivity index (χ3v) is 7.57. The fourth-order valence-electron chi connectivity index (χ4n) is 3.75. The van der Waals surface area contributed by atoms with Crippen LogP contribution in [0.3, 0.4) is 0 Å². The first-order valence-electron chi connectivity index (χ1n) is 11.3. The molecule has 2 aromatic rings. The predicted molar refractivity (Wildman–Crippen MR) is 130 cm³/mol. The van der Waals surface area contributed by atoms with Crippen LogP contribution >= 0.6 is 0 Å². The third-order valence-electron chi connectivity index (χ3n) is 5.67. The Kier molecular flexibility index (Phi) is 8.51. The summed E-state index contributed by atoms with van der Waals surface area (Å²) in [6.45, 7) is 2.95. The number of nitrogens with zero attached hydrogens (tertiary/aromatic N) is 2. The first-order valence-corrected chi connectivity index (χ1v) is 12.7. The molecule has 0 saturated carbocycles. The van der Waals surface area contributed by atoms with Crippen molar-refractivity contribution in [3.8, 4) is 5.75 Å². The van der Waals surface area contributed by atoms with Crippen LogP contribution in [0.5, 0.6) is 5.75 Å². The molecular weight excluding hydrogens is 458 g/mol. The zero-order valence-corrected chi connectivity index (χ0v) is 20.6. The van der Waals surface area contributed by atoms with Gasteiger partial charge in [-0.3, -0.25) is 9.69 Å². The first kappa shape index (κ1) is 25.5. The van der Waals surface area contributed by atoms with E-state index in [-0.39, 0.29) is 22.8 Å². The van der Waals surface area contributed by atoms with Gasteiger partial charge in [0.05, 0.1) is 24.2 Å². The molecule has 1 N–H and O–H groups in total. The normalized spacial score (nSPS) is 14.7. The van der Waals surface area contributed by atoms with E-state index in [1.165, 1.54) is 34.5 Å². The number of hydrogen-bond acceptors (Lipinski definition) is 6. The number of methoxy groups -OCH3 is 1. The number of nitrogens with one attached hydrogen (secondary N) is 1. The summed E-state index contributed by atoms with van der Waals surface area (Å²) in [5.74, 6) is -0.234. The van der Waals surface area contributed by atoms with E-state index in [4.69, 9.17) is 9.47 Å². The predicted octanol–water partition coefficient (Wildman–Crippen LogP) is 4.10. The Morgan fingerprint density at radius 2 is 1.68 bits per heavy atom. The van der Waals surface area contributed by atoms with Crippen molar-refractivity contribution in [3.05, 3.63) is 48.0 Å². The molecule has 1 heterocycles. The van der Waals surface area contributed by atoms with Gasteiger partial charge in [0.15, 0.2) is 0 Å². The highest BCUT2D eigenvalue weighted by molar-refractivity contribution is 7.89. The number of sulfonamides is 1. The topological polar surface area (TPSA) is 105 Å². The van der Waals surface area contributed by atoms with Gasteiger partial charge in [-0.15, -0.1) is 0 Å². The molecule has 1 aliphatic heterocycles. The molecule has 0 radical (unpaired) electrons. The van der Waals surface area contributed by atoms with E-state index >= 15 is 0 Å². The minimum Gasteiger partial charge on any atom is -0.496 e. The number of benzene rings is 2. The molecule has 0 unspecified atom stereocenters. The number of anilines is 2. The summed E-state index contributed by atoms with van der Waals surface area (Å²) >= 11 is 0. The zero-order chi connectivity index (χ0) is 24.7. The maximum atomic E-state index is 13.2. The monoisotopic (exact) mass is 489 g/mol. The lowest BCUT2D eigenvalue weighted by atomic mass is 10.1. The molecule has 184 valence electrons. The van der Waals surface area contributed by atoms with Crippen molar-refractivity contribution < 1.29 is 27.5 Å². The van der Waals surface area contributed by atoms with Gasteiger partial charge in [-0.2, -0.15) is 4.31 Å². The lowest BCUT2D eigenvalue weighted by molar-refractivity contribution is 0.102. The quantitative estimate of drug-likeness (QED) is 0.628. The van der Waals surface area contributed by atoms with Gasteiger partial charge in [0.25, 0.3) is 5.91 Å². The van der Waals surface area contributed by atoms with E-state index in [0.29, 0.717) is 24.5 Å². The average molecular weight is 490 g/mol. The summed E-state index contributed by atoms with van der Waals surface area (Å²) in [5, 5.41) is 2.76. The minimum atomic E-state index is -3.72. The molecule has 2 amide bonds. The van der Waals surface area contributed by atoms with Crippen LogP contribution in [-0.2, 0) is 14.8 Å². The van der Waals surface area contributed by atoms with E-state index in [1.807, 2.05) is 0 Å². The van der Waals surface area contributed by atoms with Crippen LogP contribution in [0, 0.1) is 0 Å². The minimum absolute atomic E-state index is 0.0618. The highest BCUT2D eigenvalue weighted by atomic mass is 32.2. The van der Waals surface area contributed by atoms with Gasteiger partial charge in [-0.25, -0.2) is 13.2 Å². The third kappa shape index (κ3) is 5.87. The second kappa shape index (κ2) is 11.3. The Morgan fingerprint density at radius 3 is 2.26 bits per heavy atom. The first-order chi connectivity index (χ1) is 16.3. The second-order valence-corrected chi connectivity index (χ2v) is 9.88. The van der Waals surface area contributed by atoms with E-state index in [9.17, 15) is 18.0 Å². The summed E-state index contributed by atoms with van der Waals surface area (Å²) in [6.07, 6.45) is 3.19. The van der Waals surface area contributed by atoms with Gasteiger partial charge >= 0.3 is 6.09 Å². The molecule has 0 aromatic heterocycles. The van der Waals surface area contributed by atoms with Crippen molar-refractivity contribution in [2.75, 3.05) is 44.1 Å². The molecule has 0 atom stereocenters. The number of ether oxygens (including phenoxy) is 2. The molecule has 9 nitrogen and oxygen atoms in total. The SMILES string of the molecule is CCOC(=O)N(C)c1ccc(NC(=O)c2cc(S(=O)(=O)N3CCCCCC3)ccc2OC)cc1. The van der Waals surface area contributed by atoms with Crippen LogP contribution in [-0.4, -0.2) is 58.6 Å². The molecule has 1 aliphatic rings. The molecule has 1 fully saturated rings. The Hall–Kier alpha value is -3.11. The van der Waals surface area contributed by atoms with Crippen molar-refractivity contribution in [1.29, 1.82) is 0 Å². The zero-order valence-electron chi connectivity index (χ0n) is 19.7. The second-order valence-electron chi connectivity index (χ2n) is 7.94. The van der Waals surface area contributed by atoms with Gasteiger partial charge < -0.3 is 14.8 Å². The molecular formula is C24H31N3O6S. The van der Waals surface area contributed by atoms with Crippen LogP contribution in [0.1, 0.15) is 43.0 Å². The number of amides is 2. The molecule has 3 rings (SSSR count). The fraction of sp³-hybridized carbons (Fsp3) is 0.417. The summed E-state index contributed by atoms with van der Waals surface area (Å²) in [6, 6.07) is 11.0. The van der Waals surface area contributed by atoms with E-state index in [2.05, 4.69) is 5.32 Å². The average Bonchev–Trinajstić information content (AvgIpc) is 3.14. The molecule has 2 aromatic carbocycles. The Morgan fingerprint density at radius 1 is 1.03 bits per heavy atom. The number of rotatable bonds is 7. The summed E-state index contributed by atoms with van der Waals surface area (Å²) in [7, 11) is -0.703. The van der Waals surface area contributed by atoms with Gasteiger partial charge in [0.2, 0.25) is 10.0 Å². The number of carbonyl (C=O) groups is 2. The molecule has 0 aliphatic carbocycles. The van der Waals surface area contributed by atoms with E-state index in [0.717, 1.165) is 25.7 Å². The Bertz CT molecular complexity index is 1110. The van der Waals surface area contributed by atoms with Gasteiger partial charge in [-0.05, 0) is 62.2 Å². The van der Waals surface area contributed by atoms with Gasteiger partial charge in [0.1, 0.15) is 5.75 Å². The molecule has 0 bridgehead atoms. The van der Waals surface area contributed by atoms with Crippen molar-refractivity contribution in [2.45, 2.75) is 37.5 Å². The highest BCUT2D eigenvalue weighted by Crippen LogP contribution is 2.27. The summed E-state index contributed by atoms with van der Waals surface area (Å²) in [5.41, 5.74) is 1.19. The fourth-order valence-corrected chi connectivity index (χ4v) is 5.29. The van der Waals surface area contributed by atoms with Crippen LogP contribution < -0.4 is 15.0 Å². The maximum absolute atomic E-state index is 13.2. The Labute approximate surface area is 200 Å². The largest absolute Gasteiger partial charge is 0.496 e. The van der Waals surface area contributed by atoms with Crippen LogP contribution in [0.2, 0.25) is 0 Å². The standard InChI is InChI=1S/C24H31N3O6S/c1-4-33-24(29)26(2)19-11-9-18(10-12-19)25-23(28)21-17-20(13-14-22(21)32-3)34(30,31)27-15-7-5-6-8-16-27/h9-14,17H,4-8,15-16H2,1-3H3,(H,25,28). The smallest absolute Gasteiger partial charge is 0.413 e. The van der Waals surface area contributed by atoms with Gasteiger partial charge in [-0.1, -0.05) is 12.8 Å². The van der Waals surface area contributed by atoms with Crippen LogP contribution in [0.25, 0.3) is 0 Å². The molecule has 10 heteroatoms. The molecule has 34 heavy (non-hydrogen) atoms. The number of carbonyl (C=O) groups excluding carboxylic acids is 2. The van der Waals surface area contributed by atoms with Crippen LogP contribution in [0.15, 0.2) is 47.4 Å². The highest BCUT2D eigenvalue weighted by Gasteiger charge is 2.27. The summed E-state index contributed by atoms with van der Waals surface area (Å²) in [4.78, 5) is 26.3. The van der Waals surface area contributed by atoms with E-state index in [1.54, 1.807) is 38.2 Å². The van der Waals surface area contributed by atoms with E-state index < -0.39 is 22.0 Å². The maximum Gasteiger partial charge on any atom is 0.413 e. The lowest BCUT2D eigenvalue weighted by Gasteiger charge is -2.21. The lowest BCUT2D eigenvalue weighted by Crippen LogP contribution is -2.32. The van der Waals surface area contributed by atoms with Crippen molar-refractivity contribution in [1.82, 2.24) is 4.31 Å². The molecule has 0 spiro atoms. The Balaban J connectivity index is 1.81. The van der Waals surface area contributed by atoms with Crippen LogP contribution in [0.4, 0.5) is 16.2 Å². The molecule has 1 saturated heterocycles. The van der Waals surface area contributed by atoms with Gasteiger partial charge in [0, 0.05) is 31.5 Å². The summed E-state index contributed by atoms with van der Waals surface area (Å²) < 4.78 is 38.1.